The van der Waals surface area contributed by atoms with Crippen molar-refractivity contribution in [2.24, 2.45) is 0 Å². The topological polar surface area (TPSA) is 26.3 Å². The number of halogens is 1. The lowest BCUT2D eigenvalue weighted by Crippen LogP contribution is -2.00. The van der Waals surface area contributed by atoms with Gasteiger partial charge >= 0.3 is 5.97 Å². The van der Waals surface area contributed by atoms with Crippen molar-refractivity contribution in [3.05, 3.63) is 0 Å². The Balaban J connectivity index is 2.96. The van der Waals surface area contributed by atoms with Gasteiger partial charge in [0, 0.05) is 12.3 Å². The fourth-order valence-corrected chi connectivity index (χ4v) is 1.78. The van der Waals surface area contributed by atoms with E-state index in [1.165, 1.54) is 45.4 Å². The highest BCUT2D eigenvalue weighted by atomic mass is 35.5. The fraction of sp³-hybridized carbons (Fsp3) is 0.923. The summed E-state index contributed by atoms with van der Waals surface area (Å²) >= 11 is 5.86. The highest BCUT2D eigenvalue weighted by molar-refractivity contribution is 6.20. The molecule has 0 aromatic rings. The summed E-state index contributed by atoms with van der Waals surface area (Å²) in [6.45, 7) is 4.09. The zero-order valence-electron chi connectivity index (χ0n) is 10.6. The van der Waals surface area contributed by atoms with E-state index >= 15 is 0 Å². The van der Waals surface area contributed by atoms with Gasteiger partial charge in [0.25, 0.3) is 0 Å². The van der Waals surface area contributed by atoms with Crippen LogP contribution in [0.2, 0.25) is 0 Å². The van der Waals surface area contributed by atoms with E-state index in [9.17, 15) is 4.79 Å². The van der Waals surface area contributed by atoms with Crippen molar-refractivity contribution in [1.82, 2.24) is 0 Å². The number of hydrogen-bond donors (Lipinski definition) is 0. The average molecular weight is 249 g/mol. The summed E-state index contributed by atoms with van der Waals surface area (Å²) < 4.78 is 4.86. The lowest BCUT2D eigenvalue weighted by atomic mass is 10.1. The number of alkyl halides is 1. The number of carbonyl (C=O) groups is 1. The van der Waals surface area contributed by atoms with Crippen molar-refractivity contribution in [1.29, 1.82) is 0 Å². The molecule has 0 rings (SSSR count). The normalized spacial score (nSPS) is 12.4. The molecule has 96 valence electrons. The number of rotatable bonds is 10. The maximum absolute atomic E-state index is 10.5. The highest BCUT2D eigenvalue weighted by Gasteiger charge is 1.96. The minimum absolute atomic E-state index is 0.171. The monoisotopic (exact) mass is 248 g/mol. The molecular formula is C13H25ClO2. The molecule has 0 bridgehead atoms. The summed E-state index contributed by atoms with van der Waals surface area (Å²) in [5, 5.41) is 0.323. The van der Waals surface area contributed by atoms with E-state index in [1.807, 2.05) is 0 Å². The molecule has 0 aromatic heterocycles. The second-order valence-electron chi connectivity index (χ2n) is 4.38. The van der Waals surface area contributed by atoms with E-state index < -0.39 is 0 Å². The third-order valence-corrected chi connectivity index (χ3v) is 2.77. The number of esters is 1. The minimum atomic E-state index is -0.171. The van der Waals surface area contributed by atoms with Gasteiger partial charge < -0.3 is 4.74 Å². The van der Waals surface area contributed by atoms with Crippen LogP contribution >= 0.6 is 11.6 Å². The molecule has 0 heterocycles. The molecule has 0 aliphatic carbocycles. The number of unbranched alkanes of at least 4 members (excludes halogenated alkanes) is 6. The third-order valence-electron chi connectivity index (χ3n) is 2.55. The van der Waals surface area contributed by atoms with Crippen LogP contribution < -0.4 is 0 Å². The standard InChI is InChI=1S/C13H25ClO2/c1-12(14)10-8-6-4-3-5-7-9-11-16-13(2)15/h12H,3-11H2,1-2H3. The largest absolute Gasteiger partial charge is 0.466 e. The van der Waals surface area contributed by atoms with E-state index in [-0.39, 0.29) is 5.97 Å². The van der Waals surface area contributed by atoms with Crippen molar-refractivity contribution in [3.63, 3.8) is 0 Å². The van der Waals surface area contributed by atoms with Crippen molar-refractivity contribution in [3.8, 4) is 0 Å². The zero-order valence-corrected chi connectivity index (χ0v) is 11.4. The summed E-state index contributed by atoms with van der Waals surface area (Å²) in [4.78, 5) is 10.5. The molecule has 0 saturated heterocycles. The molecule has 0 aromatic carbocycles. The summed E-state index contributed by atoms with van der Waals surface area (Å²) in [7, 11) is 0. The highest BCUT2D eigenvalue weighted by Crippen LogP contribution is 2.11. The number of carbonyl (C=O) groups excluding carboxylic acids is 1. The Labute approximate surface area is 105 Å². The van der Waals surface area contributed by atoms with E-state index in [1.54, 1.807) is 0 Å². The quantitative estimate of drug-likeness (QED) is 0.327. The fourth-order valence-electron chi connectivity index (χ4n) is 1.63. The molecule has 0 aliphatic rings. The molecule has 2 nitrogen and oxygen atoms in total. The first-order valence-electron chi connectivity index (χ1n) is 6.40. The van der Waals surface area contributed by atoms with Gasteiger partial charge in [-0.15, -0.1) is 11.6 Å². The van der Waals surface area contributed by atoms with E-state index in [0.29, 0.717) is 12.0 Å². The molecular weight excluding hydrogens is 224 g/mol. The molecule has 0 radical (unpaired) electrons. The zero-order chi connectivity index (χ0) is 12.2. The summed E-state index contributed by atoms with van der Waals surface area (Å²) in [6.07, 6.45) is 9.68. The van der Waals surface area contributed by atoms with Gasteiger partial charge in [0.05, 0.1) is 6.61 Å². The maximum Gasteiger partial charge on any atom is 0.302 e. The first-order chi connectivity index (χ1) is 7.63. The van der Waals surface area contributed by atoms with Crippen LogP contribution in [0.15, 0.2) is 0 Å². The van der Waals surface area contributed by atoms with Gasteiger partial charge in [-0.2, -0.15) is 0 Å². The molecule has 0 amide bonds. The molecule has 1 atom stereocenters. The van der Waals surface area contributed by atoms with E-state index in [0.717, 1.165) is 12.8 Å². The first kappa shape index (κ1) is 15.8. The van der Waals surface area contributed by atoms with Crippen LogP contribution in [0, 0.1) is 0 Å². The van der Waals surface area contributed by atoms with Crippen molar-refractivity contribution in [2.45, 2.75) is 70.6 Å². The van der Waals surface area contributed by atoms with E-state index in [2.05, 4.69) is 6.92 Å². The van der Waals surface area contributed by atoms with Crippen LogP contribution in [0.4, 0.5) is 0 Å². The molecule has 3 heteroatoms. The SMILES string of the molecule is CC(=O)OCCCCCCCCCC(C)Cl. The maximum atomic E-state index is 10.5. The van der Waals surface area contributed by atoms with Crippen LogP contribution in [0.3, 0.4) is 0 Å². The molecule has 0 fully saturated rings. The van der Waals surface area contributed by atoms with Crippen molar-refractivity contribution in [2.75, 3.05) is 6.61 Å². The van der Waals surface area contributed by atoms with Crippen molar-refractivity contribution < 1.29 is 9.53 Å². The number of ether oxygens (including phenoxy) is 1. The van der Waals surface area contributed by atoms with E-state index in [4.69, 9.17) is 16.3 Å². The van der Waals surface area contributed by atoms with Gasteiger partial charge in [-0.25, -0.2) is 0 Å². The molecule has 0 N–H and O–H groups in total. The minimum Gasteiger partial charge on any atom is -0.466 e. The summed E-state index contributed by atoms with van der Waals surface area (Å²) in [6, 6.07) is 0. The lowest BCUT2D eigenvalue weighted by Gasteiger charge is -2.03. The summed E-state index contributed by atoms with van der Waals surface area (Å²) in [5.74, 6) is -0.171. The van der Waals surface area contributed by atoms with Crippen molar-refractivity contribution >= 4 is 17.6 Å². The Morgan fingerprint density at radius 2 is 1.56 bits per heavy atom. The predicted octanol–water partition coefficient (Wildman–Crippen LogP) is 4.30. The third kappa shape index (κ3) is 13.8. The molecule has 16 heavy (non-hydrogen) atoms. The van der Waals surface area contributed by atoms with Crippen LogP contribution in [0.1, 0.15) is 65.2 Å². The predicted molar refractivity (Wildman–Crippen MR) is 68.9 cm³/mol. The van der Waals surface area contributed by atoms with Gasteiger partial charge in [0.15, 0.2) is 0 Å². The molecule has 0 saturated carbocycles. The van der Waals surface area contributed by atoms with Gasteiger partial charge in [-0.05, 0) is 19.8 Å². The van der Waals surface area contributed by atoms with Gasteiger partial charge in [-0.1, -0.05) is 38.5 Å². The molecule has 0 aliphatic heterocycles. The van der Waals surface area contributed by atoms with Gasteiger partial charge in [-0.3, -0.25) is 4.79 Å². The first-order valence-corrected chi connectivity index (χ1v) is 6.84. The Morgan fingerprint density at radius 1 is 1.06 bits per heavy atom. The second kappa shape index (κ2) is 11.3. The van der Waals surface area contributed by atoms with Crippen LogP contribution in [0.25, 0.3) is 0 Å². The van der Waals surface area contributed by atoms with Gasteiger partial charge in [0.2, 0.25) is 0 Å². The summed E-state index contributed by atoms with van der Waals surface area (Å²) in [5.41, 5.74) is 0. The second-order valence-corrected chi connectivity index (χ2v) is 5.13. The average Bonchev–Trinajstić information content (AvgIpc) is 2.20. The number of hydrogen-bond acceptors (Lipinski definition) is 2. The Hall–Kier alpha value is -0.240. The molecule has 1 unspecified atom stereocenters. The Morgan fingerprint density at radius 3 is 2.06 bits per heavy atom. The van der Waals surface area contributed by atoms with Crippen LogP contribution in [-0.2, 0) is 9.53 Å². The van der Waals surface area contributed by atoms with Crippen LogP contribution in [0.5, 0.6) is 0 Å². The lowest BCUT2D eigenvalue weighted by molar-refractivity contribution is -0.141. The smallest absolute Gasteiger partial charge is 0.302 e. The van der Waals surface area contributed by atoms with Gasteiger partial charge in [0.1, 0.15) is 0 Å². The Bertz CT molecular complexity index is 169. The van der Waals surface area contributed by atoms with Crippen LogP contribution in [-0.4, -0.2) is 18.0 Å². The Kier molecular flexibility index (Phi) is 11.1. The molecule has 0 spiro atoms.